The van der Waals surface area contributed by atoms with Gasteiger partial charge in [0.2, 0.25) is 5.89 Å². The fourth-order valence-corrected chi connectivity index (χ4v) is 3.06. The van der Waals surface area contributed by atoms with E-state index in [0.29, 0.717) is 11.7 Å². The Kier molecular flexibility index (Phi) is 3.57. The first-order chi connectivity index (χ1) is 10.0. The molecule has 4 heteroatoms. The van der Waals surface area contributed by atoms with Gasteiger partial charge in [0.05, 0.1) is 11.0 Å². The van der Waals surface area contributed by atoms with Crippen molar-refractivity contribution in [3.8, 4) is 0 Å². The van der Waals surface area contributed by atoms with Gasteiger partial charge >= 0.3 is 0 Å². The molecule has 1 fully saturated rings. The van der Waals surface area contributed by atoms with Gasteiger partial charge in [0.1, 0.15) is 0 Å². The van der Waals surface area contributed by atoms with Crippen molar-refractivity contribution in [2.45, 2.75) is 56.9 Å². The summed E-state index contributed by atoms with van der Waals surface area (Å²) >= 11 is 0. The van der Waals surface area contributed by atoms with Crippen LogP contribution < -0.4 is 5.73 Å². The van der Waals surface area contributed by atoms with Crippen LogP contribution in [0.2, 0.25) is 0 Å². The molecule has 1 aromatic carbocycles. The van der Waals surface area contributed by atoms with Gasteiger partial charge in [-0.1, -0.05) is 54.8 Å². The minimum absolute atomic E-state index is 0.284. The first-order valence-electron chi connectivity index (χ1n) is 7.71. The fraction of sp³-hybridized carbons (Fsp3) is 0.529. The summed E-state index contributed by atoms with van der Waals surface area (Å²) < 4.78 is 5.53. The van der Waals surface area contributed by atoms with Crippen LogP contribution in [0.1, 0.15) is 63.2 Å². The molecule has 4 nitrogen and oxygen atoms in total. The Hall–Kier alpha value is -1.68. The summed E-state index contributed by atoms with van der Waals surface area (Å²) in [4.78, 5) is 4.65. The maximum atomic E-state index is 6.48. The predicted octanol–water partition coefficient (Wildman–Crippen LogP) is 3.51. The third kappa shape index (κ3) is 2.60. The highest BCUT2D eigenvalue weighted by Crippen LogP contribution is 2.36. The van der Waals surface area contributed by atoms with Gasteiger partial charge in [-0.15, -0.1) is 0 Å². The fourth-order valence-electron chi connectivity index (χ4n) is 3.06. The molecule has 0 spiro atoms. The summed E-state index contributed by atoms with van der Waals surface area (Å²) in [7, 11) is 0. The summed E-state index contributed by atoms with van der Waals surface area (Å²) in [6.07, 6.45) is 5.38. The molecule has 0 radical (unpaired) electrons. The molecule has 1 aromatic heterocycles. The highest BCUT2D eigenvalue weighted by molar-refractivity contribution is 5.30. The molecular formula is C17H23N3O. The van der Waals surface area contributed by atoms with Crippen LogP contribution in [0.25, 0.3) is 0 Å². The molecule has 1 aliphatic carbocycles. The summed E-state index contributed by atoms with van der Waals surface area (Å²) in [6, 6.07) is 10.3. The van der Waals surface area contributed by atoms with Crippen LogP contribution in [0.5, 0.6) is 0 Å². The van der Waals surface area contributed by atoms with Gasteiger partial charge in [0, 0.05) is 0 Å². The van der Waals surface area contributed by atoms with Crippen LogP contribution in [0, 0.1) is 0 Å². The van der Waals surface area contributed by atoms with Crippen molar-refractivity contribution in [1.82, 2.24) is 10.1 Å². The molecule has 112 valence electrons. The smallest absolute Gasteiger partial charge is 0.246 e. The Bertz CT molecular complexity index is 598. The van der Waals surface area contributed by atoms with Crippen molar-refractivity contribution in [2.75, 3.05) is 0 Å². The van der Waals surface area contributed by atoms with Crippen LogP contribution >= 0.6 is 0 Å². The SMILES string of the molecule is CC(C)(c1ccccc1)c1noc(C2(N)CCCCC2)n1. The number of hydrogen-bond acceptors (Lipinski definition) is 4. The van der Waals surface area contributed by atoms with Crippen LogP contribution in [-0.4, -0.2) is 10.1 Å². The topological polar surface area (TPSA) is 64.9 Å². The Morgan fingerprint density at radius 2 is 1.76 bits per heavy atom. The quantitative estimate of drug-likeness (QED) is 0.937. The third-order valence-corrected chi connectivity index (χ3v) is 4.65. The van der Waals surface area contributed by atoms with Gasteiger partial charge in [-0.25, -0.2) is 0 Å². The second-order valence-electron chi connectivity index (χ2n) is 6.63. The second kappa shape index (κ2) is 5.26. The lowest BCUT2D eigenvalue weighted by atomic mass is 9.82. The maximum absolute atomic E-state index is 6.48. The van der Waals surface area contributed by atoms with E-state index in [1.165, 1.54) is 12.0 Å². The van der Waals surface area contributed by atoms with Gasteiger partial charge < -0.3 is 10.3 Å². The molecule has 1 heterocycles. The molecule has 0 amide bonds. The first kappa shape index (κ1) is 14.3. The predicted molar refractivity (Wildman–Crippen MR) is 81.8 cm³/mol. The van der Waals surface area contributed by atoms with Crippen molar-refractivity contribution in [1.29, 1.82) is 0 Å². The number of rotatable bonds is 3. The number of benzene rings is 1. The van der Waals surface area contributed by atoms with E-state index in [2.05, 4.69) is 36.1 Å². The van der Waals surface area contributed by atoms with Crippen LogP contribution in [0.4, 0.5) is 0 Å². The Morgan fingerprint density at radius 1 is 1.10 bits per heavy atom. The molecule has 21 heavy (non-hydrogen) atoms. The standard InChI is InChI=1S/C17H23N3O/c1-16(2,13-9-5-3-6-10-13)14-19-15(21-20-14)17(18)11-7-4-8-12-17/h3,5-6,9-10H,4,7-8,11-12,18H2,1-2H3. The monoisotopic (exact) mass is 285 g/mol. The van der Waals surface area contributed by atoms with E-state index in [-0.39, 0.29) is 5.41 Å². The Labute approximate surface area is 125 Å². The Morgan fingerprint density at radius 3 is 2.43 bits per heavy atom. The van der Waals surface area contributed by atoms with Crippen molar-refractivity contribution in [3.05, 3.63) is 47.6 Å². The highest BCUT2D eigenvalue weighted by atomic mass is 16.5. The van der Waals surface area contributed by atoms with E-state index in [0.717, 1.165) is 25.7 Å². The zero-order valence-electron chi connectivity index (χ0n) is 12.8. The number of nitrogens with two attached hydrogens (primary N) is 1. The molecule has 0 bridgehead atoms. The van der Waals surface area contributed by atoms with Crippen LogP contribution in [0.15, 0.2) is 34.9 Å². The molecule has 0 saturated heterocycles. The van der Waals surface area contributed by atoms with Crippen LogP contribution in [0.3, 0.4) is 0 Å². The lowest BCUT2D eigenvalue weighted by Crippen LogP contribution is -2.39. The number of nitrogens with zero attached hydrogens (tertiary/aromatic N) is 2. The van der Waals surface area contributed by atoms with Crippen molar-refractivity contribution in [2.24, 2.45) is 5.73 Å². The summed E-state index contributed by atoms with van der Waals surface area (Å²) in [5, 5.41) is 4.22. The molecule has 2 aromatic rings. The van der Waals surface area contributed by atoms with E-state index >= 15 is 0 Å². The van der Waals surface area contributed by atoms with Gasteiger partial charge in [-0.3, -0.25) is 0 Å². The lowest BCUT2D eigenvalue weighted by Gasteiger charge is -2.29. The largest absolute Gasteiger partial charge is 0.337 e. The molecule has 0 unspecified atom stereocenters. The molecule has 1 aliphatic rings. The van der Waals surface area contributed by atoms with Gasteiger partial charge in [-0.2, -0.15) is 4.98 Å². The average molecular weight is 285 g/mol. The second-order valence-corrected chi connectivity index (χ2v) is 6.63. The van der Waals surface area contributed by atoms with Crippen molar-refractivity contribution in [3.63, 3.8) is 0 Å². The summed E-state index contributed by atoms with van der Waals surface area (Å²) in [5.74, 6) is 1.31. The molecule has 2 N–H and O–H groups in total. The molecule has 0 atom stereocenters. The zero-order chi connectivity index (χ0) is 14.9. The maximum Gasteiger partial charge on any atom is 0.246 e. The van der Waals surface area contributed by atoms with E-state index in [4.69, 9.17) is 10.3 Å². The highest BCUT2D eigenvalue weighted by Gasteiger charge is 2.37. The Balaban J connectivity index is 1.91. The zero-order valence-corrected chi connectivity index (χ0v) is 12.8. The molecule has 3 rings (SSSR count). The first-order valence-corrected chi connectivity index (χ1v) is 7.71. The normalized spacial score (nSPS) is 18.6. The van der Waals surface area contributed by atoms with Gasteiger partial charge in [0.25, 0.3) is 0 Å². The minimum atomic E-state index is -0.434. The third-order valence-electron chi connectivity index (χ3n) is 4.65. The van der Waals surface area contributed by atoms with E-state index in [1.54, 1.807) is 0 Å². The molecular weight excluding hydrogens is 262 g/mol. The van der Waals surface area contributed by atoms with Gasteiger partial charge in [-0.05, 0) is 32.3 Å². The van der Waals surface area contributed by atoms with Crippen molar-refractivity contribution >= 4 is 0 Å². The van der Waals surface area contributed by atoms with E-state index in [1.807, 2.05) is 18.2 Å². The number of aromatic nitrogens is 2. The molecule has 0 aliphatic heterocycles. The van der Waals surface area contributed by atoms with E-state index in [9.17, 15) is 0 Å². The van der Waals surface area contributed by atoms with Gasteiger partial charge in [0.15, 0.2) is 5.82 Å². The lowest BCUT2D eigenvalue weighted by molar-refractivity contribution is 0.219. The average Bonchev–Trinajstić information content (AvgIpc) is 3.00. The molecule has 1 saturated carbocycles. The summed E-state index contributed by atoms with van der Waals surface area (Å²) in [6.45, 7) is 4.22. The summed E-state index contributed by atoms with van der Waals surface area (Å²) in [5.41, 5.74) is 6.93. The number of hydrogen-bond donors (Lipinski definition) is 1. The van der Waals surface area contributed by atoms with E-state index < -0.39 is 5.54 Å². The minimum Gasteiger partial charge on any atom is -0.337 e. The van der Waals surface area contributed by atoms with Crippen LogP contribution in [-0.2, 0) is 11.0 Å². The van der Waals surface area contributed by atoms with Crippen molar-refractivity contribution < 1.29 is 4.52 Å².